The van der Waals surface area contributed by atoms with Crippen molar-refractivity contribution in [3.8, 4) is 0 Å². The molecule has 0 amide bonds. The molecule has 2 heterocycles. The van der Waals surface area contributed by atoms with Gasteiger partial charge in [-0.3, -0.25) is 0 Å². The van der Waals surface area contributed by atoms with E-state index in [0.717, 1.165) is 12.3 Å². The monoisotopic (exact) mass is 232 g/mol. The maximum Gasteiger partial charge on any atom is 0.439 e. The molecule has 0 atom stereocenters. The normalized spacial score (nSPS) is 11.9. The minimum Gasteiger partial charge on any atom is -0.477 e. The summed E-state index contributed by atoms with van der Waals surface area (Å²) in [4.78, 5) is 14.1. The number of carboxylic acids is 1. The molecule has 0 fully saturated rings. The Morgan fingerprint density at radius 1 is 1.44 bits per heavy atom. The van der Waals surface area contributed by atoms with Crippen molar-refractivity contribution in [3.63, 3.8) is 0 Å². The van der Waals surface area contributed by atoms with Crippen LogP contribution in [0.1, 0.15) is 16.2 Å². The predicted molar refractivity (Wildman–Crippen MR) is 42.7 cm³/mol. The Morgan fingerprint density at radius 2 is 2.12 bits per heavy atom. The van der Waals surface area contributed by atoms with Crippen LogP contribution in [0, 0.1) is 0 Å². The van der Waals surface area contributed by atoms with Crippen LogP contribution in [0.2, 0.25) is 0 Å². The zero-order valence-corrected chi connectivity index (χ0v) is 7.43. The van der Waals surface area contributed by atoms with Crippen molar-refractivity contribution in [2.45, 2.75) is 6.18 Å². The second-order valence-corrected chi connectivity index (χ2v) is 2.81. The Kier molecular flexibility index (Phi) is 2.04. The molecule has 2 rings (SSSR count). The number of carbonyl (C=O) groups is 1. The molecule has 0 saturated carbocycles. The molecule has 0 aliphatic heterocycles. The number of aromatic nitrogens is 4. The van der Waals surface area contributed by atoms with E-state index in [9.17, 15) is 18.0 Å². The molecule has 0 radical (unpaired) electrons. The second-order valence-electron chi connectivity index (χ2n) is 2.81. The van der Waals surface area contributed by atoms with Crippen LogP contribution in [0.5, 0.6) is 0 Å². The number of halogens is 3. The molecule has 6 nitrogen and oxygen atoms in total. The number of aromatic carboxylic acids is 1. The fourth-order valence-corrected chi connectivity index (χ4v) is 1.15. The standard InChI is InChI=1S/C7H3F3N4O2/c8-7(9,10)4-5-11-2-1-3(6(15)16)14(5)13-12-4/h1-2H,(H,15,16). The van der Waals surface area contributed by atoms with Crippen LogP contribution in [-0.2, 0) is 6.18 Å². The lowest BCUT2D eigenvalue weighted by atomic mass is 10.4. The summed E-state index contributed by atoms with van der Waals surface area (Å²) in [7, 11) is 0. The Morgan fingerprint density at radius 3 is 2.69 bits per heavy atom. The average Bonchev–Trinajstić information content (AvgIpc) is 2.59. The molecular weight excluding hydrogens is 229 g/mol. The van der Waals surface area contributed by atoms with E-state index in [1.807, 2.05) is 0 Å². The van der Waals surface area contributed by atoms with Crippen LogP contribution < -0.4 is 0 Å². The summed E-state index contributed by atoms with van der Waals surface area (Å²) in [6.07, 6.45) is -3.76. The molecule has 0 saturated heterocycles. The minimum absolute atomic E-state index is 0.437. The van der Waals surface area contributed by atoms with Crippen molar-refractivity contribution in [1.82, 2.24) is 19.8 Å². The third-order valence-electron chi connectivity index (χ3n) is 1.79. The van der Waals surface area contributed by atoms with Crippen LogP contribution in [0.4, 0.5) is 13.2 Å². The lowest BCUT2D eigenvalue weighted by Gasteiger charge is -2.01. The van der Waals surface area contributed by atoms with E-state index in [1.165, 1.54) is 0 Å². The highest BCUT2D eigenvalue weighted by atomic mass is 19.4. The fraction of sp³-hybridized carbons (Fsp3) is 0.143. The summed E-state index contributed by atoms with van der Waals surface area (Å²) in [5, 5.41) is 14.7. The van der Waals surface area contributed by atoms with Gasteiger partial charge in [0.15, 0.2) is 11.3 Å². The number of nitrogens with zero attached hydrogens (tertiary/aromatic N) is 4. The Bertz CT molecular complexity index is 562. The third-order valence-corrected chi connectivity index (χ3v) is 1.79. The van der Waals surface area contributed by atoms with Gasteiger partial charge in [0.25, 0.3) is 0 Å². The van der Waals surface area contributed by atoms with Gasteiger partial charge in [-0.25, -0.2) is 9.78 Å². The van der Waals surface area contributed by atoms with E-state index in [1.54, 1.807) is 0 Å². The maximum absolute atomic E-state index is 12.4. The first-order valence-electron chi connectivity index (χ1n) is 3.92. The van der Waals surface area contributed by atoms with Crippen LogP contribution in [0.25, 0.3) is 5.65 Å². The number of hydrogen-bond donors (Lipinski definition) is 1. The first-order valence-corrected chi connectivity index (χ1v) is 3.92. The highest BCUT2D eigenvalue weighted by Gasteiger charge is 2.38. The van der Waals surface area contributed by atoms with Crippen molar-refractivity contribution < 1.29 is 23.1 Å². The van der Waals surface area contributed by atoms with Gasteiger partial charge in [0.2, 0.25) is 5.69 Å². The van der Waals surface area contributed by atoms with E-state index >= 15 is 0 Å². The van der Waals surface area contributed by atoms with E-state index in [-0.39, 0.29) is 0 Å². The zero-order chi connectivity index (χ0) is 11.9. The van der Waals surface area contributed by atoms with Crippen LogP contribution in [-0.4, -0.2) is 30.9 Å². The minimum atomic E-state index is -4.72. The van der Waals surface area contributed by atoms with Crippen molar-refractivity contribution in [3.05, 3.63) is 23.7 Å². The summed E-state index contributed by atoms with van der Waals surface area (Å²) in [5.41, 5.74) is -2.38. The smallest absolute Gasteiger partial charge is 0.439 e. The highest BCUT2D eigenvalue weighted by molar-refractivity contribution is 5.86. The molecule has 2 aromatic rings. The van der Waals surface area contributed by atoms with E-state index < -0.39 is 29.2 Å². The van der Waals surface area contributed by atoms with E-state index in [0.29, 0.717) is 4.52 Å². The second kappa shape index (κ2) is 3.15. The molecule has 9 heteroatoms. The number of carboxylic acid groups (broad SMARTS) is 1. The quantitative estimate of drug-likeness (QED) is 0.787. The van der Waals surface area contributed by atoms with Crippen molar-refractivity contribution in [2.75, 3.05) is 0 Å². The molecule has 0 spiro atoms. The van der Waals surface area contributed by atoms with Gasteiger partial charge in [-0.1, -0.05) is 5.21 Å². The Hall–Kier alpha value is -2.19. The van der Waals surface area contributed by atoms with Gasteiger partial charge in [-0.05, 0) is 6.07 Å². The number of hydrogen-bond acceptors (Lipinski definition) is 4. The van der Waals surface area contributed by atoms with Gasteiger partial charge < -0.3 is 5.11 Å². The summed E-state index contributed by atoms with van der Waals surface area (Å²) in [6, 6.07) is 1.03. The third kappa shape index (κ3) is 1.45. The molecule has 0 bridgehead atoms. The van der Waals surface area contributed by atoms with Gasteiger partial charge in [-0.2, -0.15) is 17.7 Å². The topological polar surface area (TPSA) is 80.4 Å². The SMILES string of the molecule is O=C(O)c1ccnc2c(C(F)(F)F)nnn12. The van der Waals surface area contributed by atoms with Gasteiger partial charge >= 0.3 is 12.1 Å². The molecule has 0 unspecified atom stereocenters. The molecular formula is C7H3F3N4O2. The molecule has 16 heavy (non-hydrogen) atoms. The maximum atomic E-state index is 12.4. The molecule has 1 N–H and O–H groups in total. The highest BCUT2D eigenvalue weighted by Crippen LogP contribution is 2.29. The lowest BCUT2D eigenvalue weighted by molar-refractivity contribution is -0.140. The molecule has 0 aromatic carbocycles. The largest absolute Gasteiger partial charge is 0.477 e. The first-order chi connectivity index (χ1) is 7.41. The van der Waals surface area contributed by atoms with Gasteiger partial charge in [0.1, 0.15) is 0 Å². The fourth-order valence-electron chi connectivity index (χ4n) is 1.15. The molecule has 84 valence electrons. The summed E-state index contributed by atoms with van der Waals surface area (Å²) in [6.45, 7) is 0. The molecule has 2 aromatic heterocycles. The van der Waals surface area contributed by atoms with E-state index in [4.69, 9.17) is 5.11 Å². The molecule has 0 aliphatic carbocycles. The van der Waals surface area contributed by atoms with Crippen molar-refractivity contribution in [2.24, 2.45) is 0 Å². The Balaban J connectivity index is 2.76. The average molecular weight is 232 g/mol. The van der Waals surface area contributed by atoms with Crippen molar-refractivity contribution >= 4 is 11.6 Å². The number of rotatable bonds is 1. The lowest BCUT2D eigenvalue weighted by Crippen LogP contribution is -2.09. The first kappa shape index (κ1) is 10.3. The Labute approximate surface area is 85.3 Å². The predicted octanol–water partition coefficient (Wildman–Crippen LogP) is 0.841. The van der Waals surface area contributed by atoms with Crippen LogP contribution in [0.15, 0.2) is 12.3 Å². The zero-order valence-electron chi connectivity index (χ0n) is 7.43. The van der Waals surface area contributed by atoms with Gasteiger partial charge in [0.05, 0.1) is 0 Å². The summed E-state index contributed by atoms with van der Waals surface area (Å²) >= 11 is 0. The number of alkyl halides is 3. The number of fused-ring (bicyclic) bond motifs is 1. The van der Waals surface area contributed by atoms with Crippen molar-refractivity contribution in [1.29, 1.82) is 0 Å². The van der Waals surface area contributed by atoms with Crippen LogP contribution in [0.3, 0.4) is 0 Å². The molecule has 0 aliphatic rings. The van der Waals surface area contributed by atoms with Gasteiger partial charge in [-0.15, -0.1) is 5.10 Å². The van der Waals surface area contributed by atoms with E-state index in [2.05, 4.69) is 15.3 Å². The van der Waals surface area contributed by atoms with Crippen LogP contribution >= 0.6 is 0 Å². The summed E-state index contributed by atoms with van der Waals surface area (Å²) < 4.78 is 37.7. The summed E-state index contributed by atoms with van der Waals surface area (Å²) in [5.74, 6) is -1.41. The van der Waals surface area contributed by atoms with Gasteiger partial charge in [0, 0.05) is 6.20 Å².